The minimum Gasteiger partial charge on any atom is -0.480 e. The summed E-state index contributed by atoms with van der Waals surface area (Å²) in [5, 5.41) is 12.1. The first-order valence-electron chi connectivity index (χ1n) is 7.69. The van der Waals surface area contributed by atoms with Crippen LogP contribution < -0.4 is 5.32 Å². The molecule has 2 rings (SSSR count). The summed E-state index contributed by atoms with van der Waals surface area (Å²) in [6.07, 6.45) is 3.23. The average molecular weight is 339 g/mol. The normalized spacial score (nSPS) is 17.4. The molecule has 126 valence electrons. The first kappa shape index (κ1) is 17.5. The van der Waals surface area contributed by atoms with Crippen LogP contribution in [0.15, 0.2) is 29.2 Å². The van der Waals surface area contributed by atoms with Gasteiger partial charge in [-0.15, -0.1) is 0 Å². The van der Waals surface area contributed by atoms with E-state index in [4.69, 9.17) is 0 Å². The number of hydrogen-bond donors (Lipinski definition) is 2. The average Bonchev–Trinajstić information content (AvgIpc) is 2.55. The van der Waals surface area contributed by atoms with E-state index in [2.05, 4.69) is 5.32 Å². The molecule has 0 radical (unpaired) electrons. The fourth-order valence-corrected chi connectivity index (χ4v) is 3.76. The van der Waals surface area contributed by atoms with E-state index in [1.165, 1.54) is 31.2 Å². The second-order valence-electron chi connectivity index (χ2n) is 5.83. The van der Waals surface area contributed by atoms with Gasteiger partial charge in [-0.1, -0.05) is 32.3 Å². The molecule has 0 atom stereocenters. The molecular weight excluding hydrogens is 318 g/mol. The highest BCUT2D eigenvalue weighted by atomic mass is 32.2. The van der Waals surface area contributed by atoms with Crippen molar-refractivity contribution in [2.45, 2.75) is 49.5 Å². The first-order chi connectivity index (χ1) is 10.8. The van der Waals surface area contributed by atoms with E-state index in [9.17, 15) is 23.1 Å². The van der Waals surface area contributed by atoms with Crippen molar-refractivity contribution in [3.05, 3.63) is 29.8 Å². The molecule has 0 aromatic heterocycles. The molecule has 23 heavy (non-hydrogen) atoms. The highest BCUT2D eigenvalue weighted by molar-refractivity contribution is 7.91. The number of carboxylic acids is 1. The predicted molar refractivity (Wildman–Crippen MR) is 85.1 cm³/mol. The van der Waals surface area contributed by atoms with Gasteiger partial charge < -0.3 is 10.4 Å². The topological polar surface area (TPSA) is 101 Å². The molecule has 1 fully saturated rings. The Morgan fingerprint density at radius 2 is 1.87 bits per heavy atom. The van der Waals surface area contributed by atoms with Gasteiger partial charge in [-0.05, 0) is 31.0 Å². The summed E-state index contributed by atoms with van der Waals surface area (Å²) in [6.45, 7) is 1.53. The second kappa shape index (κ2) is 6.70. The molecular formula is C16H21NO5S. The van der Waals surface area contributed by atoms with E-state index in [1.807, 2.05) is 0 Å². The van der Waals surface area contributed by atoms with E-state index < -0.39 is 27.3 Å². The van der Waals surface area contributed by atoms with Gasteiger partial charge in [0.2, 0.25) is 0 Å². The van der Waals surface area contributed by atoms with Gasteiger partial charge in [0.1, 0.15) is 5.54 Å². The summed E-state index contributed by atoms with van der Waals surface area (Å²) in [5.74, 6) is -1.65. The fourth-order valence-electron chi connectivity index (χ4n) is 2.83. The smallest absolute Gasteiger partial charge is 0.329 e. The Kier molecular flexibility index (Phi) is 5.09. The van der Waals surface area contributed by atoms with E-state index in [1.54, 1.807) is 0 Å². The third-order valence-electron chi connectivity index (χ3n) is 4.30. The number of carbonyl (C=O) groups is 2. The van der Waals surface area contributed by atoms with Crippen LogP contribution in [0.2, 0.25) is 0 Å². The van der Waals surface area contributed by atoms with Crippen LogP contribution in [0.25, 0.3) is 0 Å². The van der Waals surface area contributed by atoms with E-state index in [-0.39, 0.29) is 16.2 Å². The predicted octanol–water partition coefficient (Wildman–Crippen LogP) is 2.00. The number of benzene rings is 1. The standard InChI is InChI=1S/C16H21NO5S/c1-2-23(21,22)13-8-6-7-12(11-13)14(18)17-16(15(19)20)9-4-3-5-10-16/h6-8,11H,2-5,9-10H2,1H3,(H,17,18)(H,19,20). The number of sulfone groups is 1. The van der Waals surface area contributed by atoms with Crippen molar-refractivity contribution in [1.82, 2.24) is 5.32 Å². The minimum absolute atomic E-state index is 0.0584. The van der Waals surface area contributed by atoms with Crippen molar-refractivity contribution in [2.75, 3.05) is 5.75 Å². The lowest BCUT2D eigenvalue weighted by Gasteiger charge is -2.34. The molecule has 0 unspecified atom stereocenters. The summed E-state index contributed by atoms with van der Waals surface area (Å²) in [6, 6.07) is 5.71. The lowest BCUT2D eigenvalue weighted by Crippen LogP contribution is -2.55. The van der Waals surface area contributed by atoms with Crippen LogP contribution in [0.1, 0.15) is 49.4 Å². The monoisotopic (exact) mass is 339 g/mol. The molecule has 1 saturated carbocycles. The molecule has 1 aliphatic carbocycles. The zero-order valence-corrected chi connectivity index (χ0v) is 13.9. The number of rotatable bonds is 5. The summed E-state index contributed by atoms with van der Waals surface area (Å²) in [4.78, 5) is 24.1. The van der Waals surface area contributed by atoms with Gasteiger partial charge >= 0.3 is 5.97 Å². The molecule has 0 saturated heterocycles. The maximum atomic E-state index is 12.4. The van der Waals surface area contributed by atoms with Crippen LogP contribution in [0.5, 0.6) is 0 Å². The lowest BCUT2D eigenvalue weighted by atomic mass is 9.81. The molecule has 0 spiro atoms. The second-order valence-corrected chi connectivity index (χ2v) is 8.11. The number of hydrogen-bond acceptors (Lipinski definition) is 4. The van der Waals surface area contributed by atoms with E-state index in [0.29, 0.717) is 12.8 Å². The number of aliphatic carboxylic acids is 1. The van der Waals surface area contributed by atoms with Crippen molar-refractivity contribution in [1.29, 1.82) is 0 Å². The summed E-state index contributed by atoms with van der Waals surface area (Å²) in [7, 11) is -3.42. The van der Waals surface area contributed by atoms with Crippen LogP contribution in [0.3, 0.4) is 0 Å². The molecule has 1 aliphatic rings. The Hall–Kier alpha value is -1.89. The van der Waals surface area contributed by atoms with Crippen LogP contribution in [-0.4, -0.2) is 36.7 Å². The third kappa shape index (κ3) is 3.72. The summed E-state index contributed by atoms with van der Waals surface area (Å²) in [5.41, 5.74) is -1.10. The minimum atomic E-state index is -3.42. The lowest BCUT2D eigenvalue weighted by molar-refractivity contribution is -0.145. The Balaban J connectivity index is 2.27. The van der Waals surface area contributed by atoms with Crippen molar-refractivity contribution < 1.29 is 23.1 Å². The maximum absolute atomic E-state index is 12.4. The zero-order valence-electron chi connectivity index (χ0n) is 13.0. The third-order valence-corrected chi connectivity index (χ3v) is 6.04. The molecule has 1 aromatic carbocycles. The molecule has 0 aliphatic heterocycles. The molecule has 1 aromatic rings. The molecule has 0 heterocycles. The molecule has 7 heteroatoms. The Labute approximate surface area is 135 Å². The van der Waals surface area contributed by atoms with Crippen molar-refractivity contribution in [3.63, 3.8) is 0 Å². The molecule has 6 nitrogen and oxygen atoms in total. The molecule has 0 bridgehead atoms. The van der Waals surface area contributed by atoms with Crippen molar-refractivity contribution in [3.8, 4) is 0 Å². The Bertz CT molecular complexity index is 705. The maximum Gasteiger partial charge on any atom is 0.329 e. The van der Waals surface area contributed by atoms with Gasteiger partial charge in [-0.3, -0.25) is 4.79 Å². The van der Waals surface area contributed by atoms with Gasteiger partial charge in [0, 0.05) is 5.56 Å². The molecule has 1 amide bonds. The SMILES string of the molecule is CCS(=O)(=O)c1cccc(C(=O)NC2(C(=O)O)CCCCC2)c1. The summed E-state index contributed by atoms with van der Waals surface area (Å²) < 4.78 is 23.8. The van der Waals surface area contributed by atoms with Crippen LogP contribution in [0.4, 0.5) is 0 Å². The number of nitrogens with one attached hydrogen (secondary N) is 1. The van der Waals surface area contributed by atoms with Crippen LogP contribution in [-0.2, 0) is 14.6 Å². The van der Waals surface area contributed by atoms with Gasteiger partial charge in [0.15, 0.2) is 9.84 Å². The number of carbonyl (C=O) groups excluding carboxylic acids is 1. The van der Waals surface area contributed by atoms with Gasteiger partial charge in [0.25, 0.3) is 5.91 Å². The van der Waals surface area contributed by atoms with Crippen molar-refractivity contribution in [2.24, 2.45) is 0 Å². The highest BCUT2D eigenvalue weighted by Gasteiger charge is 2.41. The van der Waals surface area contributed by atoms with Gasteiger partial charge in [-0.25, -0.2) is 13.2 Å². The van der Waals surface area contributed by atoms with Crippen LogP contribution >= 0.6 is 0 Å². The number of carboxylic acid groups (broad SMARTS) is 1. The first-order valence-corrected chi connectivity index (χ1v) is 9.35. The number of amides is 1. The largest absolute Gasteiger partial charge is 0.480 e. The van der Waals surface area contributed by atoms with E-state index >= 15 is 0 Å². The van der Waals surface area contributed by atoms with Gasteiger partial charge in [-0.2, -0.15) is 0 Å². The zero-order chi connectivity index (χ0) is 17.1. The molecule has 2 N–H and O–H groups in total. The van der Waals surface area contributed by atoms with Crippen molar-refractivity contribution >= 4 is 21.7 Å². The Morgan fingerprint density at radius 3 is 2.43 bits per heavy atom. The Morgan fingerprint density at radius 1 is 1.22 bits per heavy atom. The quantitative estimate of drug-likeness (QED) is 0.854. The van der Waals surface area contributed by atoms with Gasteiger partial charge in [0.05, 0.1) is 10.6 Å². The van der Waals surface area contributed by atoms with E-state index in [0.717, 1.165) is 19.3 Å². The fraction of sp³-hybridized carbons (Fsp3) is 0.500. The van der Waals surface area contributed by atoms with Crippen LogP contribution in [0, 0.1) is 0 Å². The summed E-state index contributed by atoms with van der Waals surface area (Å²) >= 11 is 0. The highest BCUT2D eigenvalue weighted by Crippen LogP contribution is 2.29.